The maximum absolute atomic E-state index is 13.1. The highest BCUT2D eigenvalue weighted by Gasteiger charge is 2.35. The molecule has 0 aromatic heterocycles. The number of hydrogen-bond acceptors (Lipinski definition) is 4. The first kappa shape index (κ1) is 18.4. The summed E-state index contributed by atoms with van der Waals surface area (Å²) >= 11 is 0. The van der Waals surface area contributed by atoms with Crippen LogP contribution >= 0.6 is 0 Å². The van der Waals surface area contributed by atoms with Gasteiger partial charge in [-0.25, -0.2) is 17.5 Å². The van der Waals surface area contributed by atoms with Gasteiger partial charge in [-0.2, -0.15) is 13.2 Å². The Balaban J connectivity index is 3.12. The average molecular weight is 343 g/mol. The van der Waals surface area contributed by atoms with Crippen molar-refractivity contribution in [2.24, 2.45) is 0 Å². The fourth-order valence-electron chi connectivity index (χ4n) is 1.49. The second kappa shape index (κ2) is 6.61. The molecule has 0 aliphatic heterocycles. The molecule has 1 N–H and O–H groups in total. The molecule has 0 radical (unpaired) electrons. The lowest BCUT2D eigenvalue weighted by Crippen LogP contribution is -2.38. The number of carbonyl (C=O) groups is 1. The Morgan fingerprint density at radius 2 is 1.95 bits per heavy atom. The molecule has 10 heteroatoms. The van der Waals surface area contributed by atoms with Crippen molar-refractivity contribution in [2.75, 3.05) is 6.61 Å². The molecule has 0 aliphatic carbocycles. The van der Waals surface area contributed by atoms with E-state index in [1.807, 2.05) is 0 Å². The Labute approximate surface area is 124 Å². The van der Waals surface area contributed by atoms with Crippen molar-refractivity contribution in [3.63, 3.8) is 0 Å². The van der Waals surface area contributed by atoms with Crippen molar-refractivity contribution in [1.82, 2.24) is 4.72 Å². The van der Waals surface area contributed by atoms with E-state index in [2.05, 4.69) is 0 Å². The molecular weight excluding hydrogens is 330 g/mol. The lowest BCUT2D eigenvalue weighted by atomic mass is 10.2. The van der Waals surface area contributed by atoms with Gasteiger partial charge in [0.1, 0.15) is 11.9 Å². The summed E-state index contributed by atoms with van der Waals surface area (Å²) in [5, 5.41) is 0. The fourth-order valence-corrected chi connectivity index (χ4v) is 2.56. The zero-order valence-corrected chi connectivity index (χ0v) is 12.4. The van der Waals surface area contributed by atoms with Crippen LogP contribution in [-0.2, 0) is 25.7 Å². The van der Waals surface area contributed by atoms with Gasteiger partial charge in [-0.3, -0.25) is 4.79 Å². The molecule has 0 saturated heterocycles. The number of ether oxygens (including phenoxy) is 1. The molecule has 0 fully saturated rings. The Morgan fingerprint density at radius 3 is 2.45 bits per heavy atom. The van der Waals surface area contributed by atoms with Gasteiger partial charge < -0.3 is 4.74 Å². The van der Waals surface area contributed by atoms with E-state index in [0.717, 1.165) is 0 Å². The van der Waals surface area contributed by atoms with Crippen LogP contribution in [0, 0.1) is 5.82 Å². The van der Waals surface area contributed by atoms with E-state index in [-0.39, 0.29) is 12.7 Å². The third-order valence-electron chi connectivity index (χ3n) is 2.57. The summed E-state index contributed by atoms with van der Waals surface area (Å²) in [6.45, 7) is 3.00. The minimum Gasteiger partial charge on any atom is -0.369 e. The number of benzene rings is 1. The van der Waals surface area contributed by atoms with Gasteiger partial charge >= 0.3 is 6.18 Å². The van der Waals surface area contributed by atoms with E-state index >= 15 is 0 Å². The van der Waals surface area contributed by atoms with Crippen molar-refractivity contribution in [1.29, 1.82) is 0 Å². The summed E-state index contributed by atoms with van der Waals surface area (Å²) in [6, 6.07) is 1.12. The van der Waals surface area contributed by atoms with Gasteiger partial charge in [-0.1, -0.05) is 0 Å². The van der Waals surface area contributed by atoms with E-state index in [1.165, 1.54) is 6.92 Å². The SMILES string of the molecule is CCO[C@H](C)C(=O)NS(=O)(=O)c1ccc(F)c(C(F)(F)F)c1. The number of rotatable bonds is 5. The maximum atomic E-state index is 13.1. The van der Waals surface area contributed by atoms with Crippen LogP contribution in [0.25, 0.3) is 0 Å². The van der Waals surface area contributed by atoms with Crippen LogP contribution in [0.1, 0.15) is 19.4 Å². The predicted molar refractivity (Wildman–Crippen MR) is 67.8 cm³/mol. The van der Waals surface area contributed by atoms with Crippen LogP contribution in [-0.4, -0.2) is 27.0 Å². The van der Waals surface area contributed by atoms with Gasteiger partial charge in [0.25, 0.3) is 15.9 Å². The number of carbonyl (C=O) groups excluding carboxylic acids is 1. The number of hydrogen-bond donors (Lipinski definition) is 1. The molecular formula is C12H13F4NO4S. The largest absolute Gasteiger partial charge is 0.419 e. The standard InChI is InChI=1S/C12H13F4NO4S/c1-3-21-7(2)11(18)17-22(19,20)8-4-5-10(13)9(6-8)12(14,15)16/h4-7H,3H2,1-2H3,(H,17,18)/t7-/m1/s1. The highest BCUT2D eigenvalue weighted by atomic mass is 32.2. The summed E-state index contributed by atoms with van der Waals surface area (Å²) in [4.78, 5) is 10.7. The van der Waals surface area contributed by atoms with Crippen LogP contribution in [0.2, 0.25) is 0 Å². The molecule has 0 spiro atoms. The van der Waals surface area contributed by atoms with E-state index in [9.17, 15) is 30.8 Å². The number of alkyl halides is 3. The predicted octanol–water partition coefficient (Wildman–Crippen LogP) is 2.07. The lowest BCUT2D eigenvalue weighted by Gasteiger charge is -2.14. The molecule has 1 aromatic carbocycles. The van der Waals surface area contributed by atoms with Gasteiger partial charge in [0.05, 0.1) is 10.5 Å². The molecule has 22 heavy (non-hydrogen) atoms. The third-order valence-corrected chi connectivity index (χ3v) is 3.92. The monoisotopic (exact) mass is 343 g/mol. The Bertz CT molecular complexity index is 658. The molecule has 1 amide bonds. The summed E-state index contributed by atoms with van der Waals surface area (Å²) < 4.78 is 81.0. The van der Waals surface area contributed by atoms with Gasteiger partial charge in [-0.05, 0) is 32.0 Å². The quantitative estimate of drug-likeness (QED) is 0.831. The molecule has 124 valence electrons. The van der Waals surface area contributed by atoms with Gasteiger partial charge in [0.2, 0.25) is 0 Å². The highest BCUT2D eigenvalue weighted by molar-refractivity contribution is 7.90. The first-order valence-corrected chi connectivity index (χ1v) is 7.52. The Kier molecular flexibility index (Phi) is 5.52. The van der Waals surface area contributed by atoms with Gasteiger partial charge in [0.15, 0.2) is 0 Å². The van der Waals surface area contributed by atoms with Crippen LogP contribution in [0.3, 0.4) is 0 Å². The molecule has 1 atom stereocenters. The molecule has 0 aliphatic rings. The summed E-state index contributed by atoms with van der Waals surface area (Å²) in [6.07, 6.45) is -6.17. The second-order valence-electron chi connectivity index (χ2n) is 4.21. The van der Waals surface area contributed by atoms with E-state index in [4.69, 9.17) is 4.74 Å². The molecule has 0 heterocycles. The maximum Gasteiger partial charge on any atom is 0.419 e. The van der Waals surface area contributed by atoms with E-state index in [1.54, 1.807) is 11.6 Å². The number of sulfonamides is 1. The zero-order valence-electron chi connectivity index (χ0n) is 11.6. The average Bonchev–Trinajstić information content (AvgIpc) is 2.37. The van der Waals surface area contributed by atoms with Crippen molar-refractivity contribution in [3.05, 3.63) is 29.6 Å². The number of nitrogens with one attached hydrogen (secondary N) is 1. The normalized spacial score (nSPS) is 13.7. The Hall–Kier alpha value is -1.68. The molecule has 5 nitrogen and oxygen atoms in total. The first-order chi connectivity index (χ1) is 9.99. The first-order valence-electron chi connectivity index (χ1n) is 6.04. The molecule has 1 rings (SSSR count). The van der Waals surface area contributed by atoms with Crippen LogP contribution < -0.4 is 4.72 Å². The second-order valence-corrected chi connectivity index (χ2v) is 5.89. The van der Waals surface area contributed by atoms with Crippen molar-refractivity contribution in [2.45, 2.75) is 31.0 Å². The molecule has 0 unspecified atom stereocenters. The topological polar surface area (TPSA) is 72.5 Å². The van der Waals surface area contributed by atoms with Crippen LogP contribution in [0.5, 0.6) is 0 Å². The van der Waals surface area contributed by atoms with Crippen LogP contribution in [0.4, 0.5) is 17.6 Å². The minimum atomic E-state index is -5.06. The molecule has 1 aromatic rings. The van der Waals surface area contributed by atoms with E-state index in [0.29, 0.717) is 12.1 Å². The summed E-state index contributed by atoms with van der Waals surface area (Å²) in [5.74, 6) is -2.65. The van der Waals surface area contributed by atoms with Crippen molar-refractivity contribution in [3.8, 4) is 0 Å². The van der Waals surface area contributed by atoms with E-state index < -0.39 is 44.5 Å². The summed E-state index contributed by atoms with van der Waals surface area (Å²) in [5.41, 5.74) is -1.74. The number of halogens is 4. The number of amides is 1. The molecule has 0 saturated carbocycles. The van der Waals surface area contributed by atoms with Crippen LogP contribution in [0.15, 0.2) is 23.1 Å². The van der Waals surface area contributed by atoms with Gasteiger partial charge in [0, 0.05) is 6.61 Å². The van der Waals surface area contributed by atoms with Gasteiger partial charge in [-0.15, -0.1) is 0 Å². The lowest BCUT2D eigenvalue weighted by molar-refractivity contribution is -0.140. The zero-order chi connectivity index (χ0) is 17.1. The fraction of sp³-hybridized carbons (Fsp3) is 0.417. The van der Waals surface area contributed by atoms with Crippen molar-refractivity contribution >= 4 is 15.9 Å². The third kappa shape index (κ3) is 4.41. The molecule has 0 bridgehead atoms. The smallest absolute Gasteiger partial charge is 0.369 e. The van der Waals surface area contributed by atoms with Crippen molar-refractivity contribution < 1.29 is 35.5 Å². The highest BCUT2D eigenvalue weighted by Crippen LogP contribution is 2.32. The summed E-state index contributed by atoms with van der Waals surface area (Å²) in [7, 11) is -4.57. The Morgan fingerprint density at radius 1 is 1.36 bits per heavy atom. The minimum absolute atomic E-state index is 0.121.